The Hall–Kier alpha value is -3.68. The quantitative estimate of drug-likeness (QED) is 0.501. The Labute approximate surface area is 169 Å². The Morgan fingerprint density at radius 1 is 1.41 bits per heavy atom. The van der Waals surface area contributed by atoms with Gasteiger partial charge in [0.15, 0.2) is 0 Å². The maximum Gasteiger partial charge on any atom is 0.226 e. The molecule has 0 saturated heterocycles. The number of nitrogens with zero attached hydrogens (tertiary/aromatic N) is 2. The minimum Gasteiger partial charge on any atom is -0.398 e. The molecule has 0 unspecified atom stereocenters. The Bertz CT molecular complexity index is 1010. The van der Waals surface area contributed by atoms with Crippen molar-refractivity contribution in [2.75, 3.05) is 30.0 Å². The van der Waals surface area contributed by atoms with Crippen molar-refractivity contribution in [1.29, 1.82) is 5.41 Å². The van der Waals surface area contributed by atoms with Crippen LogP contribution >= 0.6 is 0 Å². The summed E-state index contributed by atoms with van der Waals surface area (Å²) < 4.78 is 0. The number of nitrogens with one attached hydrogen (secondary N) is 4. The number of rotatable bonds is 5. The van der Waals surface area contributed by atoms with Gasteiger partial charge in [0.1, 0.15) is 0 Å². The Balaban J connectivity index is 2.18. The van der Waals surface area contributed by atoms with E-state index >= 15 is 0 Å². The zero-order valence-corrected chi connectivity index (χ0v) is 16.7. The zero-order valence-electron chi connectivity index (χ0n) is 16.7. The maximum atomic E-state index is 12.1. The summed E-state index contributed by atoms with van der Waals surface area (Å²) in [5, 5.41) is 17.1. The summed E-state index contributed by atoms with van der Waals surface area (Å²) in [6.45, 7) is 1.96. The third kappa shape index (κ3) is 4.11. The Kier molecular flexibility index (Phi) is 5.92. The predicted octanol–water partition coefficient (Wildman–Crippen LogP) is 2.95. The van der Waals surface area contributed by atoms with Crippen molar-refractivity contribution in [3.05, 3.63) is 41.6 Å². The fraction of sp³-hybridized carbons (Fsp3) is 0.238. The lowest BCUT2D eigenvalue weighted by Crippen LogP contribution is -2.19. The van der Waals surface area contributed by atoms with E-state index in [9.17, 15) is 4.79 Å². The highest BCUT2D eigenvalue weighted by Crippen LogP contribution is 2.37. The first-order valence-electron chi connectivity index (χ1n) is 9.28. The van der Waals surface area contributed by atoms with Crippen LogP contribution in [-0.2, 0) is 4.79 Å². The minimum atomic E-state index is -0.0335. The van der Waals surface area contributed by atoms with E-state index in [-0.39, 0.29) is 11.9 Å². The van der Waals surface area contributed by atoms with E-state index in [1.165, 1.54) is 6.21 Å². The van der Waals surface area contributed by atoms with Gasteiger partial charge in [-0.25, -0.2) is 0 Å². The summed E-state index contributed by atoms with van der Waals surface area (Å²) >= 11 is 0. The molecule has 29 heavy (non-hydrogen) atoms. The third-order valence-corrected chi connectivity index (χ3v) is 4.69. The van der Waals surface area contributed by atoms with Gasteiger partial charge in [-0.15, -0.1) is 0 Å². The topological polar surface area (TPSA) is 128 Å². The first kappa shape index (κ1) is 20.1. The SMILES string of the molecule is CN=CC(C=N)=C(N)c1cc(-c2nccc3c2N[C@H](C)CC(=O)N3)ccc1NC. The van der Waals surface area contributed by atoms with Crippen LogP contribution in [0.25, 0.3) is 17.0 Å². The van der Waals surface area contributed by atoms with Crippen LogP contribution in [-0.4, -0.2) is 43.5 Å². The van der Waals surface area contributed by atoms with Gasteiger partial charge < -0.3 is 27.1 Å². The summed E-state index contributed by atoms with van der Waals surface area (Å²) in [6, 6.07) is 7.55. The molecule has 2 heterocycles. The normalized spacial score (nSPS) is 16.9. The average molecular weight is 391 g/mol. The lowest BCUT2D eigenvalue weighted by atomic mass is 9.99. The number of hydrogen-bond donors (Lipinski definition) is 5. The van der Waals surface area contributed by atoms with Gasteiger partial charge in [-0.3, -0.25) is 14.8 Å². The number of amides is 1. The van der Waals surface area contributed by atoms with Crippen LogP contribution in [0.3, 0.4) is 0 Å². The highest BCUT2D eigenvalue weighted by molar-refractivity contribution is 6.11. The molecule has 1 aromatic heterocycles. The molecule has 0 aliphatic carbocycles. The summed E-state index contributed by atoms with van der Waals surface area (Å²) in [6.07, 6.45) is 4.79. The number of nitrogens with two attached hydrogens (primary N) is 1. The van der Waals surface area contributed by atoms with Crippen molar-refractivity contribution in [2.24, 2.45) is 10.7 Å². The second-order valence-electron chi connectivity index (χ2n) is 6.79. The molecular weight excluding hydrogens is 366 g/mol. The lowest BCUT2D eigenvalue weighted by Gasteiger charge is -2.17. The molecule has 0 spiro atoms. The number of aromatic nitrogens is 1. The number of anilines is 3. The Morgan fingerprint density at radius 2 is 2.21 bits per heavy atom. The molecule has 1 amide bonds. The van der Waals surface area contributed by atoms with Gasteiger partial charge in [0.05, 0.1) is 22.8 Å². The number of fused-ring (bicyclic) bond motifs is 1. The number of hydrogen-bond acceptors (Lipinski definition) is 7. The number of carbonyl (C=O) groups is 1. The van der Waals surface area contributed by atoms with Crippen LogP contribution in [0.15, 0.2) is 41.0 Å². The standard InChI is InChI=1S/C21H25N7O/c1-12-8-18(29)28-17-6-7-26-20(21(17)27-12)13-4-5-16(25-3)15(9-13)19(23)14(10-22)11-24-2/h4-7,9-12,22,25,27H,8,23H2,1-3H3,(H,28,29)/t12-/m1/s1. The van der Waals surface area contributed by atoms with Gasteiger partial charge in [0.25, 0.3) is 0 Å². The first-order valence-corrected chi connectivity index (χ1v) is 9.28. The molecule has 8 heteroatoms. The van der Waals surface area contributed by atoms with E-state index in [2.05, 4.69) is 25.9 Å². The van der Waals surface area contributed by atoms with Crippen LogP contribution in [0.2, 0.25) is 0 Å². The fourth-order valence-electron chi connectivity index (χ4n) is 3.32. The van der Waals surface area contributed by atoms with Crippen LogP contribution < -0.4 is 21.7 Å². The second-order valence-corrected chi connectivity index (χ2v) is 6.79. The van der Waals surface area contributed by atoms with E-state index in [1.807, 2.05) is 32.2 Å². The minimum absolute atomic E-state index is 0.0227. The summed E-state index contributed by atoms with van der Waals surface area (Å²) in [7, 11) is 3.45. The van der Waals surface area contributed by atoms with Crippen molar-refractivity contribution in [2.45, 2.75) is 19.4 Å². The van der Waals surface area contributed by atoms with E-state index in [0.717, 1.165) is 22.5 Å². The molecule has 0 fully saturated rings. The van der Waals surface area contributed by atoms with Gasteiger partial charge in [0, 0.05) is 67.6 Å². The summed E-state index contributed by atoms with van der Waals surface area (Å²) in [5.74, 6) is -0.0335. The molecule has 1 aliphatic rings. The molecule has 150 valence electrons. The molecule has 0 saturated carbocycles. The van der Waals surface area contributed by atoms with Crippen molar-refractivity contribution in [3.63, 3.8) is 0 Å². The molecule has 3 rings (SSSR count). The van der Waals surface area contributed by atoms with Gasteiger partial charge in [0.2, 0.25) is 5.91 Å². The molecule has 1 aliphatic heterocycles. The molecule has 6 N–H and O–H groups in total. The van der Waals surface area contributed by atoms with E-state index in [4.69, 9.17) is 11.1 Å². The maximum absolute atomic E-state index is 12.1. The number of benzene rings is 1. The number of carbonyl (C=O) groups excluding carboxylic acids is 1. The molecule has 0 radical (unpaired) electrons. The molecule has 1 atom stereocenters. The number of allylic oxidation sites excluding steroid dienone is 1. The van der Waals surface area contributed by atoms with Crippen LogP contribution in [0.4, 0.5) is 17.1 Å². The predicted molar refractivity (Wildman–Crippen MR) is 120 cm³/mol. The monoisotopic (exact) mass is 391 g/mol. The summed E-state index contributed by atoms with van der Waals surface area (Å²) in [4.78, 5) is 20.6. The zero-order chi connectivity index (χ0) is 21.0. The van der Waals surface area contributed by atoms with E-state index < -0.39 is 0 Å². The van der Waals surface area contributed by atoms with Gasteiger partial charge in [-0.05, 0) is 25.1 Å². The highest BCUT2D eigenvalue weighted by atomic mass is 16.1. The van der Waals surface area contributed by atoms with E-state index in [0.29, 0.717) is 29.1 Å². The molecule has 8 nitrogen and oxygen atoms in total. The van der Waals surface area contributed by atoms with Crippen LogP contribution in [0.5, 0.6) is 0 Å². The van der Waals surface area contributed by atoms with Gasteiger partial charge >= 0.3 is 0 Å². The van der Waals surface area contributed by atoms with Crippen molar-refractivity contribution in [3.8, 4) is 11.3 Å². The van der Waals surface area contributed by atoms with E-state index in [1.54, 1.807) is 25.5 Å². The lowest BCUT2D eigenvalue weighted by molar-refractivity contribution is -0.116. The van der Waals surface area contributed by atoms with Crippen LogP contribution in [0.1, 0.15) is 18.9 Å². The number of pyridine rings is 1. The molecule has 0 bridgehead atoms. The van der Waals surface area contributed by atoms with Gasteiger partial charge in [-0.2, -0.15) is 0 Å². The summed E-state index contributed by atoms with van der Waals surface area (Å²) in [5.41, 5.74) is 11.9. The fourth-order valence-corrected chi connectivity index (χ4v) is 3.32. The average Bonchev–Trinajstić information content (AvgIpc) is 2.86. The van der Waals surface area contributed by atoms with Crippen LogP contribution in [0, 0.1) is 5.41 Å². The second kappa shape index (κ2) is 8.55. The third-order valence-electron chi connectivity index (χ3n) is 4.69. The first-order chi connectivity index (χ1) is 14.0. The van der Waals surface area contributed by atoms with Gasteiger partial charge in [-0.1, -0.05) is 6.07 Å². The van der Waals surface area contributed by atoms with Crippen molar-refractivity contribution in [1.82, 2.24) is 4.98 Å². The van der Waals surface area contributed by atoms with Crippen molar-refractivity contribution < 1.29 is 4.79 Å². The largest absolute Gasteiger partial charge is 0.398 e. The molecule has 2 aromatic rings. The highest BCUT2D eigenvalue weighted by Gasteiger charge is 2.22. The molecule has 1 aromatic carbocycles. The Morgan fingerprint density at radius 3 is 2.90 bits per heavy atom. The van der Waals surface area contributed by atoms with Crippen molar-refractivity contribution >= 4 is 41.1 Å². The smallest absolute Gasteiger partial charge is 0.226 e. The number of aliphatic imine (C=N–C) groups is 1. The molecular formula is C21H25N7O.